The van der Waals surface area contributed by atoms with E-state index in [1.165, 1.54) is 0 Å². The Balaban J connectivity index is 1.88. The van der Waals surface area contributed by atoms with Gasteiger partial charge in [-0.05, 0) is 32.0 Å². The SMILES string of the molecule is CC1(C)Oc2c(c(=O)oc3ccccc23)[C@@H]2c3ccccc3OC[C@@H]21. The third kappa shape index (κ3) is 1.97. The number of hydrogen-bond donors (Lipinski definition) is 0. The van der Waals surface area contributed by atoms with Gasteiger partial charge in [-0.25, -0.2) is 4.79 Å². The normalized spacial score (nSPS) is 23.0. The Bertz CT molecular complexity index is 1050. The van der Waals surface area contributed by atoms with Crippen molar-refractivity contribution in [2.45, 2.75) is 25.4 Å². The van der Waals surface area contributed by atoms with Gasteiger partial charge in [-0.3, -0.25) is 0 Å². The molecule has 0 spiro atoms. The molecule has 25 heavy (non-hydrogen) atoms. The van der Waals surface area contributed by atoms with Crippen LogP contribution in [0.2, 0.25) is 0 Å². The maximum Gasteiger partial charge on any atom is 0.343 e. The predicted octanol–water partition coefficient (Wildman–Crippen LogP) is 4.10. The van der Waals surface area contributed by atoms with Crippen LogP contribution in [-0.2, 0) is 0 Å². The van der Waals surface area contributed by atoms with Crippen LogP contribution in [0.15, 0.2) is 57.7 Å². The molecular formula is C21H18O4. The first kappa shape index (κ1) is 14.6. The zero-order chi connectivity index (χ0) is 17.2. The lowest BCUT2D eigenvalue weighted by molar-refractivity contribution is -0.0137. The monoisotopic (exact) mass is 334 g/mol. The molecule has 0 N–H and O–H groups in total. The van der Waals surface area contributed by atoms with Crippen molar-refractivity contribution < 1.29 is 13.9 Å². The van der Waals surface area contributed by atoms with Crippen molar-refractivity contribution in [3.63, 3.8) is 0 Å². The molecule has 1 aromatic heterocycles. The van der Waals surface area contributed by atoms with Crippen molar-refractivity contribution in [1.82, 2.24) is 0 Å². The van der Waals surface area contributed by atoms with Crippen LogP contribution >= 0.6 is 0 Å². The molecule has 3 aromatic rings. The molecule has 0 bridgehead atoms. The molecule has 4 nitrogen and oxygen atoms in total. The highest BCUT2D eigenvalue weighted by Gasteiger charge is 2.49. The van der Waals surface area contributed by atoms with Gasteiger partial charge in [0.25, 0.3) is 0 Å². The van der Waals surface area contributed by atoms with Gasteiger partial charge in [-0.2, -0.15) is 0 Å². The van der Waals surface area contributed by atoms with E-state index in [0.29, 0.717) is 23.5 Å². The molecule has 4 heteroatoms. The maximum absolute atomic E-state index is 12.9. The zero-order valence-electron chi connectivity index (χ0n) is 14.1. The Morgan fingerprint density at radius 1 is 1.04 bits per heavy atom. The highest BCUT2D eigenvalue weighted by molar-refractivity contribution is 5.85. The second kappa shape index (κ2) is 4.88. The molecule has 2 aromatic carbocycles. The summed E-state index contributed by atoms with van der Waals surface area (Å²) in [4.78, 5) is 12.9. The van der Waals surface area contributed by atoms with E-state index in [4.69, 9.17) is 13.9 Å². The van der Waals surface area contributed by atoms with E-state index >= 15 is 0 Å². The number of benzene rings is 2. The maximum atomic E-state index is 12.9. The average Bonchev–Trinajstić information content (AvgIpc) is 2.61. The summed E-state index contributed by atoms with van der Waals surface area (Å²) in [6.45, 7) is 4.64. The van der Waals surface area contributed by atoms with Crippen LogP contribution in [0.25, 0.3) is 11.0 Å². The van der Waals surface area contributed by atoms with Gasteiger partial charge in [0.1, 0.15) is 22.7 Å². The summed E-state index contributed by atoms with van der Waals surface area (Å²) in [6.07, 6.45) is 0. The minimum atomic E-state index is -0.457. The Labute approximate surface area is 145 Å². The molecular weight excluding hydrogens is 316 g/mol. The third-order valence-electron chi connectivity index (χ3n) is 5.44. The lowest BCUT2D eigenvalue weighted by Crippen LogP contribution is -2.50. The molecule has 0 aliphatic carbocycles. The Morgan fingerprint density at radius 2 is 1.80 bits per heavy atom. The van der Waals surface area contributed by atoms with E-state index in [2.05, 4.69) is 13.8 Å². The summed E-state index contributed by atoms with van der Waals surface area (Å²) in [5.41, 5.74) is 1.41. The second-order valence-corrected chi connectivity index (χ2v) is 7.27. The largest absolute Gasteiger partial charge is 0.493 e. The van der Waals surface area contributed by atoms with Crippen molar-refractivity contribution in [3.8, 4) is 11.5 Å². The summed E-state index contributed by atoms with van der Waals surface area (Å²) in [5, 5.41) is 0.840. The van der Waals surface area contributed by atoms with Crippen LogP contribution in [0.4, 0.5) is 0 Å². The van der Waals surface area contributed by atoms with E-state index in [-0.39, 0.29) is 17.5 Å². The molecule has 5 rings (SSSR count). The van der Waals surface area contributed by atoms with Crippen LogP contribution in [0.3, 0.4) is 0 Å². The summed E-state index contributed by atoms with van der Waals surface area (Å²) < 4.78 is 17.9. The number of rotatable bonds is 0. The summed E-state index contributed by atoms with van der Waals surface area (Å²) in [6, 6.07) is 15.5. The quantitative estimate of drug-likeness (QED) is 0.581. The lowest BCUT2D eigenvalue weighted by atomic mass is 9.70. The average molecular weight is 334 g/mol. The minimum absolute atomic E-state index is 0.0407. The fraction of sp³-hybridized carbons (Fsp3) is 0.286. The molecule has 126 valence electrons. The molecule has 0 radical (unpaired) electrons. The highest BCUT2D eigenvalue weighted by atomic mass is 16.5. The zero-order valence-corrected chi connectivity index (χ0v) is 14.1. The van der Waals surface area contributed by atoms with E-state index in [1.54, 1.807) is 6.07 Å². The topological polar surface area (TPSA) is 48.7 Å². The fourth-order valence-corrected chi connectivity index (χ4v) is 4.17. The summed E-state index contributed by atoms with van der Waals surface area (Å²) >= 11 is 0. The Kier molecular flexibility index (Phi) is 2.85. The van der Waals surface area contributed by atoms with Crippen molar-refractivity contribution in [2.24, 2.45) is 5.92 Å². The van der Waals surface area contributed by atoms with Crippen molar-refractivity contribution in [1.29, 1.82) is 0 Å². The van der Waals surface area contributed by atoms with Gasteiger partial charge in [-0.15, -0.1) is 0 Å². The highest BCUT2D eigenvalue weighted by Crippen LogP contribution is 2.52. The summed E-state index contributed by atoms with van der Waals surface area (Å²) in [5.74, 6) is 1.43. The Hall–Kier alpha value is -2.75. The van der Waals surface area contributed by atoms with E-state index < -0.39 is 5.60 Å². The first-order valence-corrected chi connectivity index (χ1v) is 8.53. The molecule has 3 heterocycles. The molecule has 2 aliphatic heterocycles. The predicted molar refractivity (Wildman–Crippen MR) is 94.5 cm³/mol. The standard InChI is InChI=1S/C21H18O4/c1-21(2)14-11-23-15-9-5-3-7-12(15)17(14)18-19(25-21)13-8-4-6-10-16(13)24-20(18)22/h3-10,14,17H,11H2,1-2H3/t14-,17+/m0/s1. The van der Waals surface area contributed by atoms with Gasteiger partial charge in [0.15, 0.2) is 0 Å². The smallest absolute Gasteiger partial charge is 0.343 e. The van der Waals surface area contributed by atoms with Gasteiger partial charge >= 0.3 is 5.63 Å². The van der Waals surface area contributed by atoms with Crippen LogP contribution in [0.5, 0.6) is 11.5 Å². The Morgan fingerprint density at radius 3 is 2.68 bits per heavy atom. The van der Waals surface area contributed by atoms with Gasteiger partial charge in [0, 0.05) is 17.4 Å². The first-order chi connectivity index (χ1) is 12.1. The molecule has 0 saturated carbocycles. The number of ether oxygens (including phenoxy) is 2. The van der Waals surface area contributed by atoms with Crippen LogP contribution in [0.1, 0.15) is 30.9 Å². The van der Waals surface area contributed by atoms with Gasteiger partial charge in [0.05, 0.1) is 17.6 Å². The molecule has 0 amide bonds. The number of hydrogen-bond acceptors (Lipinski definition) is 4. The molecule has 0 unspecified atom stereocenters. The third-order valence-corrected chi connectivity index (χ3v) is 5.44. The van der Waals surface area contributed by atoms with Gasteiger partial charge in [0.2, 0.25) is 0 Å². The van der Waals surface area contributed by atoms with Crippen LogP contribution in [-0.4, -0.2) is 12.2 Å². The van der Waals surface area contributed by atoms with E-state index in [1.807, 2.05) is 42.5 Å². The molecule has 2 atom stereocenters. The second-order valence-electron chi connectivity index (χ2n) is 7.27. The number of para-hydroxylation sites is 2. The molecule has 0 saturated heterocycles. The molecule has 2 aliphatic rings. The summed E-state index contributed by atoms with van der Waals surface area (Å²) in [7, 11) is 0. The van der Waals surface area contributed by atoms with Crippen molar-refractivity contribution in [3.05, 3.63) is 70.1 Å². The van der Waals surface area contributed by atoms with E-state index in [0.717, 1.165) is 16.7 Å². The van der Waals surface area contributed by atoms with Crippen LogP contribution in [0, 0.1) is 5.92 Å². The van der Waals surface area contributed by atoms with Crippen LogP contribution < -0.4 is 15.1 Å². The van der Waals surface area contributed by atoms with Gasteiger partial charge in [-0.1, -0.05) is 30.3 Å². The van der Waals surface area contributed by atoms with Crippen molar-refractivity contribution in [2.75, 3.05) is 6.61 Å². The lowest BCUT2D eigenvalue weighted by Gasteiger charge is -2.46. The van der Waals surface area contributed by atoms with E-state index in [9.17, 15) is 4.79 Å². The van der Waals surface area contributed by atoms with Crippen molar-refractivity contribution >= 4 is 11.0 Å². The minimum Gasteiger partial charge on any atom is -0.493 e. The fourth-order valence-electron chi connectivity index (χ4n) is 4.17. The number of fused-ring (bicyclic) bond motifs is 7. The molecule has 0 fully saturated rings. The first-order valence-electron chi connectivity index (χ1n) is 8.53. The van der Waals surface area contributed by atoms with Gasteiger partial charge < -0.3 is 13.9 Å².